The molecule has 274 valence electrons. The molecule has 11 aromatic rings. The number of para-hydroxylation sites is 4. The van der Waals surface area contributed by atoms with Gasteiger partial charge in [-0.2, -0.15) is 0 Å². The summed E-state index contributed by atoms with van der Waals surface area (Å²) in [6, 6.07) is 76.2. The van der Waals surface area contributed by atoms with E-state index < -0.39 is 0 Å². The second-order valence-corrected chi connectivity index (χ2v) is 15.0. The van der Waals surface area contributed by atoms with Crippen molar-refractivity contribution in [3.05, 3.63) is 218 Å². The molecule has 0 aliphatic rings. The fraction of sp³-hybridized carbons (Fsp3) is 0.0182. The molecule has 0 saturated heterocycles. The zero-order valence-corrected chi connectivity index (χ0v) is 32.0. The lowest BCUT2D eigenvalue weighted by atomic mass is 9.97. The molecule has 0 N–H and O–H groups in total. The SMILES string of the molecule is Cc1cc(N(c2ccc(-c3ccccc3)cc2)c2cc(-c3ccccc3-n3c4ccccc4c4ccccc43)c3oc4ccccc4c3c2)ccc1-c1ccccc1. The minimum Gasteiger partial charge on any atom is -0.455 e. The zero-order valence-electron chi connectivity index (χ0n) is 32.0. The number of hydrogen-bond acceptors (Lipinski definition) is 2. The van der Waals surface area contributed by atoms with Gasteiger partial charge in [0.1, 0.15) is 11.2 Å². The number of furan rings is 1. The van der Waals surface area contributed by atoms with Crippen LogP contribution in [0.1, 0.15) is 5.56 Å². The number of fused-ring (bicyclic) bond motifs is 6. The van der Waals surface area contributed by atoms with Crippen LogP contribution < -0.4 is 4.90 Å². The molecule has 9 aromatic carbocycles. The number of aromatic nitrogens is 1. The summed E-state index contributed by atoms with van der Waals surface area (Å²) in [5.41, 5.74) is 16.5. The molecular formula is C55H38N2O. The van der Waals surface area contributed by atoms with Gasteiger partial charge in [0.25, 0.3) is 0 Å². The van der Waals surface area contributed by atoms with E-state index in [0.717, 1.165) is 55.8 Å². The quantitative estimate of drug-likeness (QED) is 0.162. The molecule has 58 heavy (non-hydrogen) atoms. The second-order valence-electron chi connectivity index (χ2n) is 15.0. The Kier molecular flexibility index (Phi) is 8.04. The molecule has 0 fully saturated rings. The summed E-state index contributed by atoms with van der Waals surface area (Å²) in [4.78, 5) is 2.39. The van der Waals surface area contributed by atoms with Crippen LogP contribution in [0.25, 0.3) is 82.8 Å². The predicted octanol–water partition coefficient (Wildman–Crippen LogP) is 15.5. The van der Waals surface area contributed by atoms with Crippen LogP contribution in [0, 0.1) is 6.92 Å². The van der Waals surface area contributed by atoms with Crippen LogP contribution >= 0.6 is 0 Å². The lowest BCUT2D eigenvalue weighted by molar-refractivity contribution is 0.670. The largest absolute Gasteiger partial charge is 0.455 e. The van der Waals surface area contributed by atoms with E-state index in [2.05, 4.69) is 229 Å². The molecule has 3 heteroatoms. The number of rotatable bonds is 7. The molecule has 3 nitrogen and oxygen atoms in total. The number of nitrogens with zero attached hydrogens (tertiary/aromatic N) is 2. The van der Waals surface area contributed by atoms with Gasteiger partial charge < -0.3 is 13.9 Å². The molecule has 0 aliphatic carbocycles. The standard InChI is InChI=1S/C55H38N2O/c1-37-34-42(32-33-44(37)40-18-6-3-7-19-40)56(41-30-28-39(29-31-41)38-16-4-2-5-17-38)43-35-49(55-50(36-43)48-23-11-15-27-54(48)58-55)47-22-10-14-26-53(47)57-51-24-12-8-20-45(51)46-21-9-13-25-52(46)57/h2-36H,1H3. The summed E-state index contributed by atoms with van der Waals surface area (Å²) < 4.78 is 9.26. The average molecular weight is 743 g/mol. The molecule has 0 aliphatic heterocycles. The second kappa shape index (κ2) is 13.8. The Balaban J connectivity index is 1.17. The highest BCUT2D eigenvalue weighted by Gasteiger charge is 2.23. The van der Waals surface area contributed by atoms with Crippen molar-refractivity contribution < 1.29 is 4.42 Å². The number of aryl methyl sites for hydroxylation is 1. The summed E-state index contributed by atoms with van der Waals surface area (Å²) in [6.45, 7) is 2.21. The van der Waals surface area contributed by atoms with Crippen molar-refractivity contribution >= 4 is 60.8 Å². The smallest absolute Gasteiger partial charge is 0.143 e. The van der Waals surface area contributed by atoms with Gasteiger partial charge in [-0.25, -0.2) is 0 Å². The normalized spacial score (nSPS) is 11.5. The van der Waals surface area contributed by atoms with Crippen molar-refractivity contribution in [2.75, 3.05) is 4.90 Å². The molecule has 0 radical (unpaired) electrons. The van der Waals surface area contributed by atoms with Crippen LogP contribution in [0.15, 0.2) is 217 Å². The van der Waals surface area contributed by atoms with E-state index in [1.165, 1.54) is 49.6 Å². The Morgan fingerprint density at radius 3 is 1.66 bits per heavy atom. The third kappa shape index (κ3) is 5.59. The van der Waals surface area contributed by atoms with Gasteiger partial charge in [-0.3, -0.25) is 0 Å². The third-order valence-electron chi connectivity index (χ3n) is 11.5. The van der Waals surface area contributed by atoms with E-state index >= 15 is 0 Å². The first kappa shape index (κ1) is 33.7. The highest BCUT2D eigenvalue weighted by atomic mass is 16.3. The maximum Gasteiger partial charge on any atom is 0.143 e. The van der Waals surface area contributed by atoms with Crippen LogP contribution in [0.5, 0.6) is 0 Å². The van der Waals surface area contributed by atoms with Gasteiger partial charge in [0.2, 0.25) is 0 Å². The van der Waals surface area contributed by atoms with Gasteiger partial charge >= 0.3 is 0 Å². The fourth-order valence-corrected chi connectivity index (χ4v) is 8.83. The van der Waals surface area contributed by atoms with Gasteiger partial charge in [0.15, 0.2) is 0 Å². The van der Waals surface area contributed by atoms with Crippen molar-refractivity contribution in [1.82, 2.24) is 4.57 Å². The van der Waals surface area contributed by atoms with Gasteiger partial charge in [-0.15, -0.1) is 0 Å². The van der Waals surface area contributed by atoms with Crippen LogP contribution in [-0.2, 0) is 0 Å². The van der Waals surface area contributed by atoms with Gasteiger partial charge in [0.05, 0.1) is 16.7 Å². The van der Waals surface area contributed by atoms with E-state index in [1.807, 2.05) is 0 Å². The lowest BCUT2D eigenvalue weighted by Crippen LogP contribution is -2.10. The summed E-state index contributed by atoms with van der Waals surface area (Å²) in [7, 11) is 0. The van der Waals surface area contributed by atoms with E-state index in [0.29, 0.717) is 0 Å². The molecule has 2 heterocycles. The first-order chi connectivity index (χ1) is 28.7. The van der Waals surface area contributed by atoms with Crippen molar-refractivity contribution in [3.8, 4) is 39.1 Å². The van der Waals surface area contributed by atoms with E-state index in [4.69, 9.17) is 4.42 Å². The molecule has 11 rings (SSSR count). The van der Waals surface area contributed by atoms with Crippen LogP contribution in [-0.4, -0.2) is 4.57 Å². The summed E-state index contributed by atoms with van der Waals surface area (Å²) in [6.07, 6.45) is 0. The number of anilines is 3. The Bertz CT molecular complexity index is 3230. The Morgan fingerprint density at radius 2 is 0.948 bits per heavy atom. The van der Waals surface area contributed by atoms with Crippen LogP contribution in [0.2, 0.25) is 0 Å². The minimum atomic E-state index is 0.868. The first-order valence-corrected chi connectivity index (χ1v) is 19.8. The molecule has 0 atom stereocenters. The Hall–Kier alpha value is -7.62. The maximum absolute atomic E-state index is 6.85. The van der Waals surface area contributed by atoms with E-state index in [1.54, 1.807) is 0 Å². The maximum atomic E-state index is 6.85. The Labute approximate surface area is 337 Å². The highest BCUT2D eigenvalue weighted by molar-refractivity contribution is 6.13. The van der Waals surface area contributed by atoms with E-state index in [9.17, 15) is 0 Å². The molecule has 0 unspecified atom stereocenters. The number of benzene rings is 9. The molecule has 0 spiro atoms. The van der Waals surface area contributed by atoms with Crippen molar-refractivity contribution in [1.29, 1.82) is 0 Å². The van der Waals surface area contributed by atoms with Crippen LogP contribution in [0.4, 0.5) is 17.1 Å². The van der Waals surface area contributed by atoms with Gasteiger partial charge in [-0.05, 0) is 95.4 Å². The summed E-state index contributed by atoms with van der Waals surface area (Å²) >= 11 is 0. The summed E-state index contributed by atoms with van der Waals surface area (Å²) in [5.74, 6) is 0. The number of hydrogen-bond donors (Lipinski definition) is 0. The monoisotopic (exact) mass is 742 g/mol. The van der Waals surface area contributed by atoms with Gasteiger partial charge in [-0.1, -0.05) is 152 Å². The third-order valence-corrected chi connectivity index (χ3v) is 11.5. The van der Waals surface area contributed by atoms with Crippen molar-refractivity contribution in [2.45, 2.75) is 6.92 Å². The zero-order chi connectivity index (χ0) is 38.6. The van der Waals surface area contributed by atoms with Gasteiger partial charge in [0, 0.05) is 49.7 Å². The predicted molar refractivity (Wildman–Crippen MR) is 244 cm³/mol. The molecule has 0 amide bonds. The van der Waals surface area contributed by atoms with Crippen molar-refractivity contribution in [2.24, 2.45) is 0 Å². The molecule has 0 bridgehead atoms. The molecule has 0 saturated carbocycles. The molecular weight excluding hydrogens is 705 g/mol. The molecule has 2 aromatic heterocycles. The minimum absolute atomic E-state index is 0.868. The highest BCUT2D eigenvalue weighted by Crippen LogP contribution is 2.46. The summed E-state index contributed by atoms with van der Waals surface area (Å²) in [5, 5.41) is 4.62. The lowest BCUT2D eigenvalue weighted by Gasteiger charge is -2.27. The van der Waals surface area contributed by atoms with E-state index in [-0.39, 0.29) is 0 Å². The Morgan fingerprint density at radius 1 is 0.379 bits per heavy atom. The van der Waals surface area contributed by atoms with Crippen molar-refractivity contribution in [3.63, 3.8) is 0 Å². The average Bonchev–Trinajstić information content (AvgIpc) is 3.83. The topological polar surface area (TPSA) is 21.3 Å². The first-order valence-electron chi connectivity index (χ1n) is 19.8. The fourth-order valence-electron chi connectivity index (χ4n) is 8.83. The van der Waals surface area contributed by atoms with Crippen LogP contribution in [0.3, 0.4) is 0 Å².